The largest absolute Gasteiger partial charge is 0.504 e. The molecule has 5 nitrogen and oxygen atoms in total. The van der Waals surface area contributed by atoms with E-state index in [1.165, 1.54) is 6.07 Å². The van der Waals surface area contributed by atoms with Crippen LogP contribution >= 0.6 is 0 Å². The average molecular weight is 220 g/mol. The third-order valence-electron chi connectivity index (χ3n) is 2.47. The number of rotatable bonds is 1. The number of aromatic nitrogens is 2. The first-order chi connectivity index (χ1) is 7.50. The number of phenolic OH excluding ortho intramolecular Hbond substituents is 2. The molecule has 0 bridgehead atoms. The van der Waals surface area contributed by atoms with E-state index >= 15 is 0 Å². The molecule has 0 aliphatic heterocycles. The maximum Gasteiger partial charge on any atom is 0.272 e. The van der Waals surface area contributed by atoms with Gasteiger partial charge in [-0.05, 0) is 31.5 Å². The van der Waals surface area contributed by atoms with Gasteiger partial charge >= 0.3 is 0 Å². The minimum Gasteiger partial charge on any atom is -0.504 e. The SMILES string of the molecule is Cc1cc(O)c(O)c(-c2c(C)[nH][nH]c2=O)c1. The molecule has 0 saturated heterocycles. The summed E-state index contributed by atoms with van der Waals surface area (Å²) < 4.78 is 0. The van der Waals surface area contributed by atoms with Gasteiger partial charge in [0, 0.05) is 11.3 Å². The number of hydrogen-bond donors (Lipinski definition) is 4. The number of aryl methyl sites for hydroxylation is 2. The van der Waals surface area contributed by atoms with Crippen molar-refractivity contribution in [3.8, 4) is 22.6 Å². The number of aromatic hydroxyl groups is 2. The van der Waals surface area contributed by atoms with E-state index in [-0.39, 0.29) is 17.1 Å². The summed E-state index contributed by atoms with van der Waals surface area (Å²) in [5.74, 6) is -0.506. The molecule has 0 unspecified atom stereocenters. The molecule has 0 aliphatic carbocycles. The second-order valence-corrected chi connectivity index (χ2v) is 3.76. The predicted octanol–water partition coefficient (Wildman–Crippen LogP) is 1.40. The highest BCUT2D eigenvalue weighted by molar-refractivity contribution is 5.74. The molecule has 0 amide bonds. The van der Waals surface area contributed by atoms with Gasteiger partial charge < -0.3 is 15.3 Å². The van der Waals surface area contributed by atoms with Crippen LogP contribution in [0.25, 0.3) is 11.1 Å². The van der Waals surface area contributed by atoms with Crippen molar-refractivity contribution in [3.05, 3.63) is 33.7 Å². The predicted molar refractivity (Wildman–Crippen MR) is 59.7 cm³/mol. The van der Waals surface area contributed by atoms with Crippen LogP contribution in [-0.4, -0.2) is 20.4 Å². The van der Waals surface area contributed by atoms with Crippen molar-refractivity contribution in [2.24, 2.45) is 0 Å². The summed E-state index contributed by atoms with van der Waals surface area (Å²) >= 11 is 0. The van der Waals surface area contributed by atoms with Gasteiger partial charge in [-0.2, -0.15) is 0 Å². The summed E-state index contributed by atoms with van der Waals surface area (Å²) in [5.41, 5.74) is 1.74. The Morgan fingerprint density at radius 3 is 2.38 bits per heavy atom. The van der Waals surface area contributed by atoms with E-state index in [9.17, 15) is 15.0 Å². The lowest BCUT2D eigenvalue weighted by molar-refractivity contribution is 0.405. The topological polar surface area (TPSA) is 89.1 Å². The fourth-order valence-electron chi connectivity index (χ4n) is 1.72. The molecule has 0 saturated carbocycles. The van der Waals surface area contributed by atoms with Gasteiger partial charge in [-0.3, -0.25) is 9.89 Å². The zero-order valence-electron chi connectivity index (χ0n) is 8.96. The lowest BCUT2D eigenvalue weighted by atomic mass is 10.0. The van der Waals surface area contributed by atoms with Crippen molar-refractivity contribution in [1.82, 2.24) is 10.2 Å². The van der Waals surface area contributed by atoms with Crippen LogP contribution in [0.5, 0.6) is 11.5 Å². The van der Waals surface area contributed by atoms with Gasteiger partial charge in [-0.25, -0.2) is 0 Å². The summed E-state index contributed by atoms with van der Waals surface area (Å²) in [6.07, 6.45) is 0. The molecule has 0 spiro atoms. The molecular formula is C11H12N2O3. The van der Waals surface area contributed by atoms with Crippen molar-refractivity contribution in [1.29, 1.82) is 0 Å². The first-order valence-electron chi connectivity index (χ1n) is 4.81. The smallest absolute Gasteiger partial charge is 0.272 e. The van der Waals surface area contributed by atoms with Crippen LogP contribution in [0.4, 0.5) is 0 Å². The molecule has 0 aliphatic rings. The molecule has 0 fully saturated rings. The molecule has 1 aromatic carbocycles. The standard InChI is InChI=1S/C11H12N2O3/c1-5-3-7(10(15)8(14)4-5)9-6(2)12-13-11(9)16/h3-4,14-15H,1-2H3,(H2,12,13,16). The maximum absolute atomic E-state index is 11.5. The third-order valence-corrected chi connectivity index (χ3v) is 2.47. The highest BCUT2D eigenvalue weighted by Gasteiger charge is 2.16. The van der Waals surface area contributed by atoms with E-state index in [1.807, 2.05) is 0 Å². The zero-order chi connectivity index (χ0) is 11.9. The van der Waals surface area contributed by atoms with Crippen LogP contribution in [0.15, 0.2) is 16.9 Å². The first-order valence-corrected chi connectivity index (χ1v) is 4.81. The second-order valence-electron chi connectivity index (χ2n) is 3.76. The molecule has 5 heteroatoms. The van der Waals surface area contributed by atoms with Crippen LogP contribution in [-0.2, 0) is 0 Å². The quantitative estimate of drug-likeness (QED) is 0.547. The van der Waals surface area contributed by atoms with Crippen molar-refractivity contribution >= 4 is 0 Å². The Morgan fingerprint density at radius 1 is 1.12 bits per heavy atom. The molecule has 1 aromatic heterocycles. The highest BCUT2D eigenvalue weighted by atomic mass is 16.3. The highest BCUT2D eigenvalue weighted by Crippen LogP contribution is 2.36. The molecule has 0 atom stereocenters. The van der Waals surface area contributed by atoms with Gasteiger partial charge in [0.05, 0.1) is 5.56 Å². The minimum atomic E-state index is -0.321. The van der Waals surface area contributed by atoms with E-state index in [2.05, 4.69) is 10.2 Å². The van der Waals surface area contributed by atoms with Gasteiger partial charge in [0.2, 0.25) is 0 Å². The maximum atomic E-state index is 11.5. The Bertz CT molecular complexity index is 596. The van der Waals surface area contributed by atoms with Crippen LogP contribution in [0.2, 0.25) is 0 Å². The Morgan fingerprint density at radius 2 is 1.81 bits per heavy atom. The van der Waals surface area contributed by atoms with E-state index in [0.717, 1.165) is 5.56 Å². The first kappa shape index (κ1) is 10.4. The fourth-order valence-corrected chi connectivity index (χ4v) is 1.72. The monoisotopic (exact) mass is 220 g/mol. The number of phenols is 2. The number of aromatic amines is 2. The Hall–Kier alpha value is -2.17. The average Bonchev–Trinajstić information content (AvgIpc) is 2.53. The molecule has 2 aromatic rings. The summed E-state index contributed by atoms with van der Waals surface area (Å²) in [6.45, 7) is 3.49. The number of benzene rings is 1. The molecular weight excluding hydrogens is 208 g/mol. The van der Waals surface area contributed by atoms with Gasteiger partial charge in [-0.15, -0.1) is 0 Å². The van der Waals surface area contributed by atoms with Crippen LogP contribution in [0.3, 0.4) is 0 Å². The summed E-state index contributed by atoms with van der Waals surface area (Å²) in [7, 11) is 0. The van der Waals surface area contributed by atoms with Crippen LogP contribution in [0, 0.1) is 13.8 Å². The molecule has 2 rings (SSSR count). The van der Waals surface area contributed by atoms with E-state index in [1.54, 1.807) is 19.9 Å². The van der Waals surface area contributed by atoms with Crippen LogP contribution < -0.4 is 5.56 Å². The Balaban J connectivity index is 2.79. The van der Waals surface area contributed by atoms with Gasteiger partial charge in [0.15, 0.2) is 11.5 Å². The van der Waals surface area contributed by atoms with Crippen molar-refractivity contribution in [2.75, 3.05) is 0 Å². The van der Waals surface area contributed by atoms with E-state index in [4.69, 9.17) is 0 Å². The van der Waals surface area contributed by atoms with Crippen molar-refractivity contribution in [3.63, 3.8) is 0 Å². The number of H-pyrrole nitrogens is 2. The fraction of sp³-hybridized carbons (Fsp3) is 0.182. The number of hydrogen-bond acceptors (Lipinski definition) is 3. The number of nitrogens with one attached hydrogen (secondary N) is 2. The minimum absolute atomic E-state index is 0.227. The van der Waals surface area contributed by atoms with Crippen LogP contribution in [0.1, 0.15) is 11.3 Å². The third kappa shape index (κ3) is 1.46. The Labute approximate surface area is 91.4 Å². The lowest BCUT2D eigenvalue weighted by Crippen LogP contribution is -2.02. The second kappa shape index (κ2) is 3.44. The normalized spacial score (nSPS) is 10.6. The lowest BCUT2D eigenvalue weighted by Gasteiger charge is -2.06. The van der Waals surface area contributed by atoms with Gasteiger partial charge in [0.25, 0.3) is 5.56 Å². The summed E-state index contributed by atoms with van der Waals surface area (Å²) in [4.78, 5) is 11.5. The van der Waals surface area contributed by atoms with E-state index in [0.29, 0.717) is 16.8 Å². The summed E-state index contributed by atoms with van der Waals surface area (Å²) in [5, 5.41) is 24.3. The van der Waals surface area contributed by atoms with Crippen molar-refractivity contribution < 1.29 is 10.2 Å². The Kier molecular flexibility index (Phi) is 2.23. The molecule has 4 N–H and O–H groups in total. The molecule has 16 heavy (non-hydrogen) atoms. The van der Waals surface area contributed by atoms with Gasteiger partial charge in [0.1, 0.15) is 0 Å². The molecule has 0 radical (unpaired) electrons. The van der Waals surface area contributed by atoms with Gasteiger partial charge in [-0.1, -0.05) is 0 Å². The zero-order valence-corrected chi connectivity index (χ0v) is 8.96. The molecule has 84 valence electrons. The van der Waals surface area contributed by atoms with Crippen molar-refractivity contribution in [2.45, 2.75) is 13.8 Å². The van der Waals surface area contributed by atoms with E-state index < -0.39 is 0 Å². The summed E-state index contributed by atoms with van der Waals surface area (Å²) in [6, 6.07) is 3.09. The molecule has 1 heterocycles.